The molecule has 0 aliphatic carbocycles. The minimum absolute atomic E-state index is 0.710. The van der Waals surface area contributed by atoms with E-state index in [9.17, 15) is 0 Å². The molecule has 0 radical (unpaired) electrons. The lowest BCUT2D eigenvalue weighted by atomic mass is 9.19. The fourth-order valence-corrected chi connectivity index (χ4v) is 7.58. The summed E-state index contributed by atoms with van der Waals surface area (Å²) in [6, 6.07) is 56.3. The summed E-state index contributed by atoms with van der Waals surface area (Å²) in [7, 11) is 4.82. The lowest BCUT2D eigenvalue weighted by molar-refractivity contribution is 0.610. The van der Waals surface area contributed by atoms with Crippen molar-refractivity contribution in [1.82, 2.24) is 4.39 Å². The maximum absolute atomic E-state index is 2.41. The number of fused-ring (bicyclic) bond motifs is 2. The Bertz CT molecular complexity index is 1900. The van der Waals surface area contributed by atoms with Crippen LogP contribution in [0.4, 0.5) is 5.69 Å². The van der Waals surface area contributed by atoms with Gasteiger partial charge in [0.15, 0.2) is 0 Å². The van der Waals surface area contributed by atoms with Gasteiger partial charge in [0, 0.05) is 19.7 Å². The van der Waals surface area contributed by atoms with Gasteiger partial charge in [-0.1, -0.05) is 145 Å². The molecule has 0 saturated carbocycles. The van der Waals surface area contributed by atoms with Gasteiger partial charge in [-0.2, -0.15) is 0 Å². The van der Waals surface area contributed by atoms with E-state index < -0.39 is 6.28 Å². The van der Waals surface area contributed by atoms with Gasteiger partial charge in [0.25, 0.3) is 6.28 Å². The maximum atomic E-state index is 2.41. The number of rotatable bonds is 4. The van der Waals surface area contributed by atoms with Gasteiger partial charge in [0.2, 0.25) is 0 Å². The topological polar surface area (TPSA) is 0 Å². The van der Waals surface area contributed by atoms with Crippen molar-refractivity contribution in [3.63, 3.8) is 0 Å². The average Bonchev–Trinajstić information content (AvgIpc) is 3.02. The third-order valence-electron chi connectivity index (χ3n) is 9.41. The smallest absolute Gasteiger partial charge is 0.296 e. The standard InChI is InChI=1S/C39H34BN/c1-29-22-26-35(27-23-29)40(34-18-8-5-9-19-34)39(33-25-24-30-14-10-11-17-32(30)28-33)38(31-15-6-4-7-16-31)36-20-12-13-21-37(36)41(40,2)3/h4-28H,1-3H3. The van der Waals surface area contributed by atoms with E-state index in [1.807, 2.05) is 0 Å². The van der Waals surface area contributed by atoms with E-state index in [0.717, 1.165) is 0 Å². The highest BCUT2D eigenvalue weighted by Gasteiger charge is 2.53. The Morgan fingerprint density at radius 3 is 1.80 bits per heavy atom. The summed E-state index contributed by atoms with van der Waals surface area (Å²) in [4.78, 5) is 0. The van der Waals surface area contributed by atoms with E-state index in [2.05, 4.69) is 173 Å². The SMILES string of the molecule is Cc1ccc([B-]2(c3ccccc3)C(c3ccc4ccccc4c3)=C(c3ccccc3)c3ccccc3[N+]2(C)C)cc1. The molecule has 1 aliphatic heterocycles. The zero-order chi connectivity index (χ0) is 28.0. The first-order valence-electron chi connectivity index (χ1n) is 14.5. The molecule has 1 atom stereocenters. The monoisotopic (exact) mass is 527 g/mol. The Balaban J connectivity index is 1.75. The molecule has 0 saturated heterocycles. The van der Waals surface area contributed by atoms with Crippen LogP contribution in [0.15, 0.2) is 152 Å². The third kappa shape index (κ3) is 3.83. The minimum atomic E-state index is -1.56. The van der Waals surface area contributed by atoms with Gasteiger partial charge in [0.05, 0.1) is 5.69 Å². The molecule has 0 N–H and O–H groups in total. The Hall–Kier alpha value is -4.66. The first-order chi connectivity index (χ1) is 20.0. The number of hydrogen-bond acceptors (Lipinski definition) is 0. The van der Waals surface area contributed by atoms with Crippen LogP contribution >= 0.6 is 0 Å². The van der Waals surface area contributed by atoms with Crippen LogP contribution < -0.4 is 15.3 Å². The molecule has 0 bridgehead atoms. The molecule has 0 fully saturated rings. The second-order valence-electron chi connectivity index (χ2n) is 11.9. The summed E-state index contributed by atoms with van der Waals surface area (Å²) < 4.78 is 0.710. The van der Waals surface area contributed by atoms with Gasteiger partial charge in [-0.3, -0.25) is 0 Å². The minimum Gasteiger partial charge on any atom is -0.474 e. The fourth-order valence-electron chi connectivity index (χ4n) is 7.58. The maximum Gasteiger partial charge on any atom is 0.296 e. The average molecular weight is 528 g/mol. The molecule has 0 spiro atoms. The van der Waals surface area contributed by atoms with Crippen LogP contribution in [0.5, 0.6) is 0 Å². The van der Waals surface area contributed by atoms with Crippen LogP contribution in [0, 0.1) is 6.92 Å². The van der Waals surface area contributed by atoms with Crippen molar-refractivity contribution in [1.29, 1.82) is 0 Å². The van der Waals surface area contributed by atoms with Crippen LogP contribution in [-0.4, -0.2) is 20.4 Å². The predicted molar refractivity (Wildman–Crippen MR) is 179 cm³/mol. The molecule has 7 rings (SSSR count). The summed E-state index contributed by atoms with van der Waals surface area (Å²) in [5, 5.41) is 2.52. The van der Waals surface area contributed by atoms with Crippen molar-refractivity contribution in [2.24, 2.45) is 0 Å². The van der Waals surface area contributed by atoms with Crippen molar-refractivity contribution in [3.8, 4) is 0 Å². The van der Waals surface area contributed by atoms with Crippen molar-refractivity contribution in [3.05, 3.63) is 174 Å². The third-order valence-corrected chi connectivity index (χ3v) is 9.41. The Morgan fingerprint density at radius 1 is 0.488 bits per heavy atom. The zero-order valence-corrected chi connectivity index (χ0v) is 24.0. The lowest BCUT2D eigenvalue weighted by Gasteiger charge is -2.61. The molecule has 0 aromatic heterocycles. The highest BCUT2D eigenvalue weighted by atomic mass is 15.3. The van der Waals surface area contributed by atoms with Crippen LogP contribution in [0.2, 0.25) is 0 Å². The van der Waals surface area contributed by atoms with Gasteiger partial charge >= 0.3 is 0 Å². The predicted octanol–water partition coefficient (Wildman–Crippen LogP) is 7.99. The first-order valence-corrected chi connectivity index (χ1v) is 14.5. The van der Waals surface area contributed by atoms with Gasteiger partial charge in [-0.05, 0) is 47.0 Å². The van der Waals surface area contributed by atoms with Crippen molar-refractivity contribution in [2.45, 2.75) is 6.92 Å². The van der Waals surface area contributed by atoms with Crippen molar-refractivity contribution in [2.75, 3.05) is 14.1 Å². The molecule has 2 heteroatoms. The van der Waals surface area contributed by atoms with Gasteiger partial charge in [-0.15, -0.1) is 16.4 Å². The van der Waals surface area contributed by atoms with Gasteiger partial charge in [0.1, 0.15) is 0 Å². The van der Waals surface area contributed by atoms with E-state index in [4.69, 9.17) is 0 Å². The molecule has 1 aliphatic rings. The van der Waals surface area contributed by atoms with Gasteiger partial charge in [-0.25, -0.2) is 0 Å². The molecular formula is C39H34BN. The Labute approximate surface area is 243 Å². The number of aryl methyl sites for hydroxylation is 1. The van der Waals surface area contributed by atoms with E-state index in [0.29, 0.717) is 4.39 Å². The largest absolute Gasteiger partial charge is 0.474 e. The van der Waals surface area contributed by atoms with E-state index in [1.165, 1.54) is 60.7 Å². The van der Waals surface area contributed by atoms with Crippen LogP contribution in [0.1, 0.15) is 22.3 Å². The quantitative estimate of drug-likeness (QED) is 0.204. The molecular weight excluding hydrogens is 493 g/mol. The number of quaternary nitrogens is 1. The first kappa shape index (κ1) is 25.3. The second-order valence-corrected chi connectivity index (χ2v) is 11.9. The second kappa shape index (κ2) is 9.76. The Morgan fingerprint density at radius 2 is 1.07 bits per heavy atom. The van der Waals surface area contributed by atoms with Crippen LogP contribution in [-0.2, 0) is 0 Å². The molecule has 41 heavy (non-hydrogen) atoms. The summed E-state index contributed by atoms with van der Waals surface area (Å²) in [6.07, 6.45) is -1.56. The summed E-state index contributed by atoms with van der Waals surface area (Å²) in [5.74, 6) is 0. The molecule has 0 amide bonds. The molecule has 6 aromatic rings. The van der Waals surface area contributed by atoms with Crippen LogP contribution in [0.3, 0.4) is 0 Å². The van der Waals surface area contributed by atoms with Crippen molar-refractivity contribution >= 4 is 44.7 Å². The number of para-hydroxylation sites is 1. The number of hydrogen-bond donors (Lipinski definition) is 0. The molecule has 1 nitrogen and oxygen atoms in total. The van der Waals surface area contributed by atoms with Gasteiger partial charge < -0.3 is 4.39 Å². The molecule has 198 valence electrons. The van der Waals surface area contributed by atoms with Crippen molar-refractivity contribution < 1.29 is 0 Å². The normalized spacial score (nSPS) is 17.8. The number of nitrogens with zero attached hydrogens (tertiary/aromatic N) is 1. The summed E-state index contributed by atoms with van der Waals surface area (Å²) in [5.41, 5.74) is 11.8. The molecule has 1 unspecified atom stereocenters. The fraction of sp³-hybridized carbons (Fsp3) is 0.0769. The van der Waals surface area contributed by atoms with E-state index in [-0.39, 0.29) is 0 Å². The lowest BCUT2D eigenvalue weighted by Crippen LogP contribution is -2.80. The zero-order valence-electron chi connectivity index (χ0n) is 24.0. The summed E-state index contributed by atoms with van der Waals surface area (Å²) in [6.45, 7) is 2.18. The van der Waals surface area contributed by atoms with E-state index in [1.54, 1.807) is 0 Å². The Kier molecular flexibility index (Phi) is 6.03. The highest BCUT2D eigenvalue weighted by Crippen LogP contribution is 2.50. The summed E-state index contributed by atoms with van der Waals surface area (Å²) >= 11 is 0. The highest BCUT2D eigenvalue weighted by molar-refractivity contribution is 7.16. The molecule has 1 heterocycles. The molecule has 6 aromatic carbocycles. The van der Waals surface area contributed by atoms with E-state index >= 15 is 0 Å². The van der Waals surface area contributed by atoms with Crippen LogP contribution in [0.25, 0.3) is 21.8 Å². The number of benzene rings is 6.